The predicted molar refractivity (Wildman–Crippen MR) is 118 cm³/mol. The van der Waals surface area contributed by atoms with E-state index in [9.17, 15) is 4.79 Å². The van der Waals surface area contributed by atoms with Crippen molar-refractivity contribution in [2.75, 3.05) is 0 Å². The Labute approximate surface area is 178 Å². The van der Waals surface area contributed by atoms with E-state index in [-0.39, 0.29) is 5.91 Å². The fourth-order valence-corrected chi connectivity index (χ4v) is 3.20. The Kier molecular flexibility index (Phi) is 5.96. The number of rotatable bonds is 6. The molecular weight excluding hydrogens is 398 g/mol. The van der Waals surface area contributed by atoms with Crippen molar-refractivity contribution >= 4 is 23.7 Å². The number of benzene rings is 2. The normalized spacial score (nSPS) is 11.0. The van der Waals surface area contributed by atoms with Crippen LogP contribution in [0.4, 0.5) is 0 Å². The first kappa shape index (κ1) is 19.5. The predicted octanol–water partition coefficient (Wildman–Crippen LogP) is 4.41. The van der Waals surface area contributed by atoms with Gasteiger partial charge in [0.05, 0.1) is 23.3 Å². The summed E-state index contributed by atoms with van der Waals surface area (Å²) in [4.78, 5) is 16.5. The standard InChI is InChI=1S/C23H18ClN5O/c24-21-11-5-4-10-20(21)23(30)27-26-14-19-16-29(15-17-7-2-1-3-8-17)28-22(19)18-9-6-12-25-13-18/h1-14,16H,15H2,(H,27,30)/b26-14-. The fraction of sp³-hybridized carbons (Fsp3) is 0.0435. The highest BCUT2D eigenvalue weighted by atomic mass is 35.5. The van der Waals surface area contributed by atoms with Gasteiger partial charge in [-0.1, -0.05) is 54.1 Å². The van der Waals surface area contributed by atoms with Crippen LogP contribution in [0.25, 0.3) is 11.3 Å². The number of halogens is 1. The van der Waals surface area contributed by atoms with Crippen molar-refractivity contribution < 1.29 is 4.79 Å². The Morgan fingerprint density at radius 3 is 2.63 bits per heavy atom. The van der Waals surface area contributed by atoms with E-state index in [1.165, 1.54) is 0 Å². The number of nitrogens with zero attached hydrogens (tertiary/aromatic N) is 4. The first-order valence-electron chi connectivity index (χ1n) is 9.30. The number of pyridine rings is 1. The first-order valence-corrected chi connectivity index (χ1v) is 9.68. The van der Waals surface area contributed by atoms with Crippen LogP contribution in [-0.2, 0) is 6.54 Å². The number of carbonyl (C=O) groups excluding carboxylic acids is 1. The quantitative estimate of drug-likeness (QED) is 0.374. The summed E-state index contributed by atoms with van der Waals surface area (Å²) in [5, 5.41) is 9.18. The Hall–Kier alpha value is -3.77. The largest absolute Gasteiger partial charge is 0.272 e. The van der Waals surface area contributed by atoms with Gasteiger partial charge in [-0.15, -0.1) is 0 Å². The molecule has 0 saturated carbocycles. The molecule has 2 aromatic carbocycles. The number of hydrazone groups is 1. The highest BCUT2D eigenvalue weighted by Gasteiger charge is 2.12. The summed E-state index contributed by atoms with van der Waals surface area (Å²) in [6.45, 7) is 0.619. The molecule has 0 fully saturated rings. The second-order valence-corrected chi connectivity index (χ2v) is 6.94. The molecule has 0 unspecified atom stereocenters. The molecule has 0 saturated heterocycles. The number of hydrogen-bond acceptors (Lipinski definition) is 4. The van der Waals surface area contributed by atoms with Crippen LogP contribution in [0.1, 0.15) is 21.5 Å². The molecule has 0 bridgehead atoms. The molecule has 4 aromatic rings. The molecule has 0 atom stereocenters. The number of aromatic nitrogens is 3. The van der Waals surface area contributed by atoms with E-state index in [1.807, 2.05) is 53.3 Å². The fourth-order valence-electron chi connectivity index (χ4n) is 2.98. The zero-order valence-electron chi connectivity index (χ0n) is 15.9. The van der Waals surface area contributed by atoms with Gasteiger partial charge in [-0.2, -0.15) is 10.2 Å². The maximum atomic E-state index is 12.3. The summed E-state index contributed by atoms with van der Waals surface area (Å²) in [5.74, 6) is -0.378. The maximum Gasteiger partial charge on any atom is 0.272 e. The van der Waals surface area contributed by atoms with Crippen LogP contribution in [0.15, 0.2) is 90.4 Å². The number of carbonyl (C=O) groups is 1. The van der Waals surface area contributed by atoms with E-state index < -0.39 is 0 Å². The van der Waals surface area contributed by atoms with Crippen LogP contribution in [0.2, 0.25) is 5.02 Å². The summed E-state index contributed by atoms with van der Waals surface area (Å²) in [5.41, 5.74) is 6.37. The second kappa shape index (κ2) is 9.15. The van der Waals surface area contributed by atoms with E-state index >= 15 is 0 Å². The number of amides is 1. The summed E-state index contributed by atoms with van der Waals surface area (Å²) in [6, 6.07) is 20.7. The zero-order valence-corrected chi connectivity index (χ0v) is 16.7. The molecule has 1 N–H and O–H groups in total. The molecule has 0 radical (unpaired) electrons. The van der Waals surface area contributed by atoms with Crippen molar-refractivity contribution in [1.82, 2.24) is 20.2 Å². The van der Waals surface area contributed by atoms with Gasteiger partial charge < -0.3 is 0 Å². The van der Waals surface area contributed by atoms with E-state index in [4.69, 9.17) is 16.7 Å². The van der Waals surface area contributed by atoms with E-state index in [1.54, 1.807) is 42.9 Å². The number of hydrogen-bond donors (Lipinski definition) is 1. The topological polar surface area (TPSA) is 72.2 Å². The lowest BCUT2D eigenvalue weighted by Gasteiger charge is -2.01. The Morgan fingerprint density at radius 1 is 1.07 bits per heavy atom. The monoisotopic (exact) mass is 415 g/mol. The lowest BCUT2D eigenvalue weighted by Crippen LogP contribution is -2.17. The van der Waals surface area contributed by atoms with Crippen molar-refractivity contribution in [1.29, 1.82) is 0 Å². The molecule has 2 aromatic heterocycles. The minimum absolute atomic E-state index is 0.364. The van der Waals surface area contributed by atoms with Crippen LogP contribution in [0, 0.1) is 0 Å². The molecule has 30 heavy (non-hydrogen) atoms. The van der Waals surface area contributed by atoms with Crippen LogP contribution < -0.4 is 5.43 Å². The summed E-state index contributed by atoms with van der Waals surface area (Å²) in [7, 11) is 0. The Bertz CT molecular complexity index is 1170. The third-order valence-electron chi connectivity index (χ3n) is 4.40. The van der Waals surface area contributed by atoms with Gasteiger partial charge in [0, 0.05) is 29.7 Å². The van der Waals surface area contributed by atoms with E-state index in [0.29, 0.717) is 17.1 Å². The summed E-state index contributed by atoms with van der Waals surface area (Å²) < 4.78 is 1.84. The van der Waals surface area contributed by atoms with Gasteiger partial charge >= 0.3 is 0 Å². The molecule has 148 valence electrons. The highest BCUT2D eigenvalue weighted by molar-refractivity contribution is 6.33. The second-order valence-electron chi connectivity index (χ2n) is 6.54. The molecular formula is C23H18ClN5O. The highest BCUT2D eigenvalue weighted by Crippen LogP contribution is 2.20. The SMILES string of the molecule is O=C(N/N=C\c1cn(Cc2ccccc2)nc1-c1cccnc1)c1ccccc1Cl. The minimum Gasteiger partial charge on any atom is -0.267 e. The molecule has 0 spiro atoms. The van der Waals surface area contributed by atoms with Crippen LogP contribution in [0.3, 0.4) is 0 Å². The van der Waals surface area contributed by atoms with Crippen LogP contribution in [-0.4, -0.2) is 26.9 Å². The molecule has 2 heterocycles. The van der Waals surface area contributed by atoms with Crippen molar-refractivity contribution in [2.45, 2.75) is 6.54 Å². The van der Waals surface area contributed by atoms with Crippen molar-refractivity contribution in [3.05, 3.63) is 107 Å². The van der Waals surface area contributed by atoms with E-state index in [2.05, 4.69) is 15.5 Å². The van der Waals surface area contributed by atoms with Gasteiger partial charge in [0.2, 0.25) is 0 Å². The first-order chi connectivity index (χ1) is 14.7. The number of nitrogens with one attached hydrogen (secondary N) is 1. The molecule has 6 nitrogen and oxygen atoms in total. The molecule has 0 aliphatic rings. The average Bonchev–Trinajstić information content (AvgIpc) is 3.17. The molecule has 7 heteroatoms. The maximum absolute atomic E-state index is 12.3. The van der Waals surface area contributed by atoms with Gasteiger partial charge in [-0.3, -0.25) is 14.5 Å². The van der Waals surface area contributed by atoms with Crippen molar-refractivity contribution in [3.8, 4) is 11.3 Å². The molecule has 0 aliphatic carbocycles. The van der Waals surface area contributed by atoms with Crippen LogP contribution in [0.5, 0.6) is 0 Å². The third kappa shape index (κ3) is 4.61. The lowest BCUT2D eigenvalue weighted by atomic mass is 10.1. The Morgan fingerprint density at radius 2 is 1.87 bits per heavy atom. The van der Waals surface area contributed by atoms with Gasteiger partial charge in [0.1, 0.15) is 5.69 Å². The van der Waals surface area contributed by atoms with Gasteiger partial charge in [0.25, 0.3) is 5.91 Å². The van der Waals surface area contributed by atoms with Crippen molar-refractivity contribution in [3.63, 3.8) is 0 Å². The average molecular weight is 416 g/mol. The lowest BCUT2D eigenvalue weighted by molar-refractivity contribution is 0.0955. The van der Waals surface area contributed by atoms with Gasteiger partial charge in [-0.25, -0.2) is 5.43 Å². The molecule has 0 aliphatic heterocycles. The third-order valence-corrected chi connectivity index (χ3v) is 4.73. The Balaban J connectivity index is 1.58. The summed E-state index contributed by atoms with van der Waals surface area (Å²) >= 11 is 6.07. The molecule has 1 amide bonds. The van der Waals surface area contributed by atoms with E-state index in [0.717, 1.165) is 22.4 Å². The van der Waals surface area contributed by atoms with Crippen LogP contribution >= 0.6 is 11.6 Å². The zero-order chi connectivity index (χ0) is 20.8. The smallest absolute Gasteiger partial charge is 0.267 e. The minimum atomic E-state index is -0.378. The van der Waals surface area contributed by atoms with Crippen molar-refractivity contribution in [2.24, 2.45) is 5.10 Å². The van der Waals surface area contributed by atoms with Gasteiger partial charge in [0.15, 0.2) is 0 Å². The summed E-state index contributed by atoms with van der Waals surface area (Å²) in [6.07, 6.45) is 6.92. The van der Waals surface area contributed by atoms with Gasteiger partial charge in [-0.05, 0) is 29.8 Å². The molecule has 4 rings (SSSR count).